The van der Waals surface area contributed by atoms with Gasteiger partial charge in [0.2, 0.25) is 5.91 Å². The van der Waals surface area contributed by atoms with E-state index in [0.29, 0.717) is 26.1 Å². The van der Waals surface area contributed by atoms with Crippen LogP contribution in [0.3, 0.4) is 0 Å². The predicted octanol–water partition coefficient (Wildman–Crippen LogP) is 0.543. The minimum Gasteiger partial charge on any atom is -0.343 e. The standard InChI is InChI=1S/C9H17FN2O/c10-7-8-2-5-12(6-3-8)9(13)1-4-11/h8H,1-7,11H2. The Labute approximate surface area is 78.1 Å². The number of alkyl halides is 1. The Balaban J connectivity index is 2.28. The number of carbonyl (C=O) groups excluding carboxylic acids is 1. The summed E-state index contributed by atoms with van der Waals surface area (Å²) in [6.45, 7) is 1.56. The highest BCUT2D eigenvalue weighted by Crippen LogP contribution is 2.17. The zero-order chi connectivity index (χ0) is 9.68. The minimum atomic E-state index is -0.251. The molecule has 0 aliphatic carbocycles. The SMILES string of the molecule is NCCC(=O)N1CCC(CF)CC1. The highest BCUT2D eigenvalue weighted by atomic mass is 19.1. The largest absolute Gasteiger partial charge is 0.343 e. The van der Waals surface area contributed by atoms with Gasteiger partial charge in [0, 0.05) is 26.1 Å². The third-order valence-electron chi connectivity index (χ3n) is 2.54. The monoisotopic (exact) mass is 188 g/mol. The van der Waals surface area contributed by atoms with Gasteiger partial charge in [-0.3, -0.25) is 9.18 Å². The molecule has 0 spiro atoms. The number of nitrogens with zero attached hydrogens (tertiary/aromatic N) is 1. The molecule has 0 atom stereocenters. The fraction of sp³-hybridized carbons (Fsp3) is 0.889. The van der Waals surface area contributed by atoms with Gasteiger partial charge in [0.15, 0.2) is 0 Å². The highest BCUT2D eigenvalue weighted by Gasteiger charge is 2.21. The molecule has 0 aromatic carbocycles. The molecule has 76 valence electrons. The number of halogens is 1. The van der Waals surface area contributed by atoms with Crippen molar-refractivity contribution in [2.75, 3.05) is 26.3 Å². The average molecular weight is 188 g/mol. The van der Waals surface area contributed by atoms with Crippen LogP contribution in [-0.4, -0.2) is 37.1 Å². The lowest BCUT2D eigenvalue weighted by Crippen LogP contribution is -2.39. The van der Waals surface area contributed by atoms with Gasteiger partial charge in [0.25, 0.3) is 0 Å². The van der Waals surface area contributed by atoms with Crippen molar-refractivity contribution in [3.05, 3.63) is 0 Å². The van der Waals surface area contributed by atoms with Gasteiger partial charge in [-0.05, 0) is 18.8 Å². The van der Waals surface area contributed by atoms with E-state index in [1.54, 1.807) is 4.90 Å². The first-order valence-electron chi connectivity index (χ1n) is 4.81. The van der Waals surface area contributed by atoms with Gasteiger partial charge in [-0.25, -0.2) is 0 Å². The van der Waals surface area contributed by atoms with E-state index < -0.39 is 0 Å². The Morgan fingerprint density at radius 2 is 2.08 bits per heavy atom. The number of nitrogens with two attached hydrogens (primary N) is 1. The molecule has 0 aromatic rings. The van der Waals surface area contributed by atoms with E-state index >= 15 is 0 Å². The molecule has 1 saturated heterocycles. The zero-order valence-electron chi connectivity index (χ0n) is 7.84. The topological polar surface area (TPSA) is 46.3 Å². The summed E-state index contributed by atoms with van der Waals surface area (Å²) in [4.78, 5) is 13.1. The Hall–Kier alpha value is -0.640. The number of amides is 1. The van der Waals surface area contributed by atoms with Crippen molar-refractivity contribution in [3.8, 4) is 0 Å². The lowest BCUT2D eigenvalue weighted by atomic mass is 9.98. The maximum atomic E-state index is 12.2. The number of rotatable bonds is 3. The molecule has 0 unspecified atom stereocenters. The van der Waals surface area contributed by atoms with E-state index in [-0.39, 0.29) is 18.5 Å². The van der Waals surface area contributed by atoms with Gasteiger partial charge >= 0.3 is 0 Å². The van der Waals surface area contributed by atoms with Gasteiger partial charge in [-0.15, -0.1) is 0 Å². The van der Waals surface area contributed by atoms with E-state index in [1.807, 2.05) is 0 Å². The summed E-state index contributed by atoms with van der Waals surface area (Å²) in [5.41, 5.74) is 5.28. The summed E-state index contributed by atoms with van der Waals surface area (Å²) in [6.07, 6.45) is 2.01. The summed E-state index contributed by atoms with van der Waals surface area (Å²) >= 11 is 0. The zero-order valence-corrected chi connectivity index (χ0v) is 7.84. The first-order chi connectivity index (χ1) is 6.27. The average Bonchev–Trinajstić information content (AvgIpc) is 2.18. The van der Waals surface area contributed by atoms with Crippen LogP contribution in [0.15, 0.2) is 0 Å². The molecule has 0 radical (unpaired) electrons. The number of piperidine rings is 1. The lowest BCUT2D eigenvalue weighted by molar-refractivity contribution is -0.132. The van der Waals surface area contributed by atoms with Crippen LogP contribution in [0.5, 0.6) is 0 Å². The van der Waals surface area contributed by atoms with Crippen LogP contribution in [0.25, 0.3) is 0 Å². The van der Waals surface area contributed by atoms with Gasteiger partial charge in [-0.2, -0.15) is 0 Å². The number of carbonyl (C=O) groups is 1. The van der Waals surface area contributed by atoms with E-state index in [4.69, 9.17) is 5.73 Å². The molecule has 1 rings (SSSR count). The summed E-state index contributed by atoms with van der Waals surface area (Å²) in [5, 5.41) is 0. The fourth-order valence-corrected chi connectivity index (χ4v) is 1.62. The molecular weight excluding hydrogens is 171 g/mol. The maximum Gasteiger partial charge on any atom is 0.223 e. The molecule has 0 bridgehead atoms. The van der Waals surface area contributed by atoms with Crippen LogP contribution >= 0.6 is 0 Å². The second-order valence-electron chi connectivity index (χ2n) is 3.52. The molecule has 0 saturated carbocycles. The molecule has 13 heavy (non-hydrogen) atoms. The lowest BCUT2D eigenvalue weighted by Gasteiger charge is -2.30. The second kappa shape index (κ2) is 5.17. The van der Waals surface area contributed by atoms with Crippen LogP contribution in [0, 0.1) is 5.92 Å². The van der Waals surface area contributed by atoms with Crippen LogP contribution in [0.4, 0.5) is 4.39 Å². The van der Waals surface area contributed by atoms with Crippen LogP contribution in [0.1, 0.15) is 19.3 Å². The summed E-state index contributed by atoms with van der Waals surface area (Å²) < 4.78 is 12.2. The van der Waals surface area contributed by atoms with Gasteiger partial charge in [0.05, 0.1) is 6.67 Å². The molecule has 1 aliphatic heterocycles. The van der Waals surface area contributed by atoms with Crippen LogP contribution in [-0.2, 0) is 4.79 Å². The highest BCUT2D eigenvalue weighted by molar-refractivity contribution is 5.76. The fourth-order valence-electron chi connectivity index (χ4n) is 1.62. The van der Waals surface area contributed by atoms with Gasteiger partial charge in [0.1, 0.15) is 0 Å². The summed E-state index contributed by atoms with van der Waals surface area (Å²) in [7, 11) is 0. The normalized spacial score (nSPS) is 19.1. The smallest absolute Gasteiger partial charge is 0.223 e. The molecule has 1 fully saturated rings. The van der Waals surface area contributed by atoms with Crippen molar-refractivity contribution < 1.29 is 9.18 Å². The first-order valence-corrected chi connectivity index (χ1v) is 4.81. The summed E-state index contributed by atoms with van der Waals surface area (Å²) in [6, 6.07) is 0. The van der Waals surface area contributed by atoms with Crippen molar-refractivity contribution in [2.24, 2.45) is 11.7 Å². The number of likely N-dealkylation sites (tertiary alicyclic amines) is 1. The molecular formula is C9H17FN2O. The predicted molar refractivity (Wildman–Crippen MR) is 49.0 cm³/mol. The molecule has 1 amide bonds. The van der Waals surface area contributed by atoms with E-state index in [1.165, 1.54) is 0 Å². The third kappa shape index (κ3) is 2.95. The van der Waals surface area contributed by atoms with E-state index in [9.17, 15) is 9.18 Å². The molecule has 3 nitrogen and oxygen atoms in total. The number of hydrogen-bond donors (Lipinski definition) is 1. The quantitative estimate of drug-likeness (QED) is 0.702. The minimum absolute atomic E-state index is 0.111. The van der Waals surface area contributed by atoms with Crippen molar-refractivity contribution in [3.63, 3.8) is 0 Å². The van der Waals surface area contributed by atoms with Crippen molar-refractivity contribution in [2.45, 2.75) is 19.3 Å². The van der Waals surface area contributed by atoms with Crippen molar-refractivity contribution in [1.82, 2.24) is 4.90 Å². The van der Waals surface area contributed by atoms with Crippen molar-refractivity contribution >= 4 is 5.91 Å². The first kappa shape index (κ1) is 10.4. The van der Waals surface area contributed by atoms with Crippen LogP contribution < -0.4 is 5.73 Å². The third-order valence-corrected chi connectivity index (χ3v) is 2.54. The Kier molecular flexibility index (Phi) is 4.15. The maximum absolute atomic E-state index is 12.2. The van der Waals surface area contributed by atoms with E-state index in [0.717, 1.165) is 12.8 Å². The molecule has 1 aliphatic rings. The Morgan fingerprint density at radius 1 is 1.46 bits per heavy atom. The Morgan fingerprint density at radius 3 is 2.54 bits per heavy atom. The summed E-state index contributed by atoms with van der Waals surface area (Å²) in [5.74, 6) is 0.279. The molecule has 2 N–H and O–H groups in total. The number of hydrogen-bond acceptors (Lipinski definition) is 2. The molecule has 0 aromatic heterocycles. The van der Waals surface area contributed by atoms with Gasteiger partial charge < -0.3 is 10.6 Å². The Bertz CT molecular complexity index is 167. The van der Waals surface area contributed by atoms with Crippen LogP contribution in [0.2, 0.25) is 0 Å². The van der Waals surface area contributed by atoms with Gasteiger partial charge in [-0.1, -0.05) is 0 Å². The molecule has 1 heterocycles. The van der Waals surface area contributed by atoms with Crippen molar-refractivity contribution in [1.29, 1.82) is 0 Å². The second-order valence-corrected chi connectivity index (χ2v) is 3.52. The van der Waals surface area contributed by atoms with E-state index in [2.05, 4.69) is 0 Å². The molecule has 4 heteroatoms.